The van der Waals surface area contributed by atoms with Gasteiger partial charge in [-0.25, -0.2) is 0 Å². The van der Waals surface area contributed by atoms with Gasteiger partial charge in [-0.2, -0.15) is 0 Å². The van der Waals surface area contributed by atoms with Crippen molar-refractivity contribution in [2.45, 2.75) is 13.3 Å². The van der Waals surface area contributed by atoms with E-state index in [0.717, 1.165) is 12.1 Å². The summed E-state index contributed by atoms with van der Waals surface area (Å²) in [5.41, 5.74) is 11.9. The predicted octanol–water partition coefficient (Wildman–Crippen LogP) is 4.42. The number of nitrogens with zero attached hydrogens (tertiary/aromatic N) is 1. The van der Waals surface area contributed by atoms with Gasteiger partial charge >= 0.3 is 0 Å². The van der Waals surface area contributed by atoms with E-state index < -0.39 is 0 Å². The van der Waals surface area contributed by atoms with Gasteiger partial charge in [0.15, 0.2) is 0 Å². The highest BCUT2D eigenvalue weighted by Crippen LogP contribution is 2.35. The van der Waals surface area contributed by atoms with Crippen LogP contribution in [0.1, 0.15) is 18.2 Å². The molecule has 21 heavy (non-hydrogen) atoms. The molecule has 0 amide bonds. The molecule has 2 aromatic carbocycles. The highest BCUT2D eigenvalue weighted by Gasteiger charge is 2.20. The Kier molecular flexibility index (Phi) is 2.64. The molecule has 1 unspecified atom stereocenters. The number of nitrogen functional groups attached to an aromatic ring is 1. The summed E-state index contributed by atoms with van der Waals surface area (Å²) in [5, 5.41) is 1.32. The maximum Gasteiger partial charge on any atom is 0.0558 e. The van der Waals surface area contributed by atoms with E-state index in [1.165, 1.54) is 27.8 Å². The van der Waals surface area contributed by atoms with Gasteiger partial charge in [0.25, 0.3) is 0 Å². The van der Waals surface area contributed by atoms with Crippen molar-refractivity contribution < 1.29 is 0 Å². The molecule has 0 saturated carbocycles. The molecule has 4 rings (SSSR count). The second-order valence-electron chi connectivity index (χ2n) is 5.85. The topological polar surface area (TPSA) is 30.9 Å². The van der Waals surface area contributed by atoms with Crippen molar-refractivity contribution in [3.63, 3.8) is 0 Å². The predicted molar refractivity (Wildman–Crippen MR) is 89.6 cm³/mol. The van der Waals surface area contributed by atoms with Crippen LogP contribution in [0.4, 0.5) is 5.69 Å². The van der Waals surface area contributed by atoms with Gasteiger partial charge in [0.05, 0.1) is 5.52 Å². The summed E-state index contributed by atoms with van der Waals surface area (Å²) in [4.78, 5) is 0. The molecule has 0 saturated heterocycles. The van der Waals surface area contributed by atoms with Crippen LogP contribution < -0.4 is 5.73 Å². The number of fused-ring (bicyclic) bond motifs is 3. The summed E-state index contributed by atoms with van der Waals surface area (Å²) in [6.07, 6.45) is 5.64. The number of hydrogen-bond acceptors (Lipinski definition) is 1. The zero-order chi connectivity index (χ0) is 14.4. The first kappa shape index (κ1) is 12.3. The second kappa shape index (κ2) is 4.52. The Morgan fingerprint density at radius 2 is 1.90 bits per heavy atom. The summed E-state index contributed by atoms with van der Waals surface area (Å²) >= 11 is 0. The van der Waals surface area contributed by atoms with Crippen LogP contribution in [0.5, 0.6) is 0 Å². The first-order valence-electron chi connectivity index (χ1n) is 7.40. The van der Waals surface area contributed by atoms with Gasteiger partial charge in [-0.1, -0.05) is 37.3 Å². The van der Waals surface area contributed by atoms with Gasteiger partial charge in [0.2, 0.25) is 0 Å². The van der Waals surface area contributed by atoms with Gasteiger partial charge in [-0.05, 0) is 48.2 Å². The molecule has 1 atom stereocenters. The molecule has 2 N–H and O–H groups in total. The Labute approximate surface area is 124 Å². The minimum absolute atomic E-state index is 0.588. The average Bonchev–Trinajstić information content (AvgIpc) is 2.81. The molecule has 0 fully saturated rings. The van der Waals surface area contributed by atoms with Gasteiger partial charge < -0.3 is 10.3 Å². The molecule has 2 heteroatoms. The van der Waals surface area contributed by atoms with E-state index in [-0.39, 0.29) is 0 Å². The molecule has 1 aromatic heterocycles. The molecule has 1 aliphatic carbocycles. The maximum atomic E-state index is 6.02. The lowest BCUT2D eigenvalue weighted by molar-refractivity contribution is 0.718. The SMILES string of the molecule is CC1C=Cc2c(c3ccc(N)cc3n2-c2ccccc2)C1. The van der Waals surface area contributed by atoms with Crippen LogP contribution in [0.25, 0.3) is 22.7 Å². The van der Waals surface area contributed by atoms with Crippen molar-refractivity contribution in [1.82, 2.24) is 4.57 Å². The van der Waals surface area contributed by atoms with Crippen LogP contribution in [0, 0.1) is 5.92 Å². The number of benzene rings is 2. The lowest BCUT2D eigenvalue weighted by atomic mass is 9.93. The third-order valence-electron chi connectivity index (χ3n) is 4.26. The molecule has 104 valence electrons. The van der Waals surface area contributed by atoms with Crippen LogP contribution in [-0.4, -0.2) is 4.57 Å². The molecular weight excluding hydrogens is 256 g/mol. The van der Waals surface area contributed by atoms with Crippen LogP contribution in [-0.2, 0) is 6.42 Å². The molecular formula is C19H18N2. The van der Waals surface area contributed by atoms with Gasteiger partial charge in [0, 0.05) is 22.5 Å². The highest BCUT2D eigenvalue weighted by molar-refractivity contribution is 5.92. The lowest BCUT2D eigenvalue weighted by Crippen LogP contribution is -2.05. The van der Waals surface area contributed by atoms with Gasteiger partial charge in [-0.15, -0.1) is 0 Å². The Bertz CT molecular complexity index is 841. The van der Waals surface area contributed by atoms with E-state index in [0.29, 0.717) is 5.92 Å². The Balaban J connectivity index is 2.11. The molecule has 0 spiro atoms. The average molecular weight is 274 g/mol. The maximum absolute atomic E-state index is 6.02. The second-order valence-corrected chi connectivity index (χ2v) is 5.85. The van der Waals surface area contributed by atoms with Crippen molar-refractivity contribution in [1.29, 1.82) is 0 Å². The molecule has 0 aliphatic heterocycles. The Morgan fingerprint density at radius 3 is 2.71 bits per heavy atom. The molecule has 0 radical (unpaired) electrons. The lowest BCUT2D eigenvalue weighted by Gasteiger charge is -2.15. The third kappa shape index (κ3) is 1.87. The smallest absolute Gasteiger partial charge is 0.0558 e. The summed E-state index contributed by atoms with van der Waals surface area (Å²) in [6, 6.07) is 16.7. The molecule has 1 heterocycles. The first-order valence-corrected chi connectivity index (χ1v) is 7.40. The van der Waals surface area contributed by atoms with Crippen LogP contribution >= 0.6 is 0 Å². The number of aromatic nitrogens is 1. The number of nitrogens with two attached hydrogens (primary N) is 1. The van der Waals surface area contributed by atoms with E-state index in [2.05, 4.69) is 60.0 Å². The van der Waals surface area contributed by atoms with E-state index in [4.69, 9.17) is 5.73 Å². The largest absolute Gasteiger partial charge is 0.399 e. The van der Waals surface area contributed by atoms with Crippen LogP contribution in [0.15, 0.2) is 54.6 Å². The highest BCUT2D eigenvalue weighted by atomic mass is 15.0. The first-order chi connectivity index (χ1) is 10.2. The fourth-order valence-electron chi connectivity index (χ4n) is 3.28. The zero-order valence-electron chi connectivity index (χ0n) is 12.1. The summed E-state index contributed by atoms with van der Waals surface area (Å²) in [6.45, 7) is 2.27. The Morgan fingerprint density at radius 1 is 1.10 bits per heavy atom. The number of hydrogen-bond donors (Lipinski definition) is 1. The van der Waals surface area contributed by atoms with E-state index in [1.807, 2.05) is 12.1 Å². The third-order valence-corrected chi connectivity index (χ3v) is 4.26. The molecule has 2 nitrogen and oxygen atoms in total. The summed E-state index contributed by atoms with van der Waals surface area (Å²) in [5.74, 6) is 0.588. The van der Waals surface area contributed by atoms with Gasteiger partial charge in [-0.3, -0.25) is 0 Å². The van der Waals surface area contributed by atoms with Crippen molar-refractivity contribution in [2.75, 3.05) is 5.73 Å². The number of rotatable bonds is 1. The fourth-order valence-corrected chi connectivity index (χ4v) is 3.28. The molecule has 3 aromatic rings. The fraction of sp³-hybridized carbons (Fsp3) is 0.158. The van der Waals surface area contributed by atoms with Crippen molar-refractivity contribution >= 4 is 22.7 Å². The normalized spacial score (nSPS) is 17.1. The van der Waals surface area contributed by atoms with Crippen molar-refractivity contribution in [3.05, 3.63) is 65.9 Å². The monoisotopic (exact) mass is 274 g/mol. The van der Waals surface area contributed by atoms with Gasteiger partial charge in [0.1, 0.15) is 0 Å². The van der Waals surface area contributed by atoms with Crippen LogP contribution in [0.3, 0.4) is 0 Å². The molecule has 0 bridgehead atoms. The summed E-state index contributed by atoms with van der Waals surface area (Å²) < 4.78 is 2.32. The minimum Gasteiger partial charge on any atom is -0.399 e. The summed E-state index contributed by atoms with van der Waals surface area (Å²) in [7, 11) is 0. The van der Waals surface area contributed by atoms with Crippen molar-refractivity contribution in [3.8, 4) is 5.69 Å². The quantitative estimate of drug-likeness (QED) is 0.654. The zero-order valence-corrected chi connectivity index (χ0v) is 12.1. The Hall–Kier alpha value is -2.48. The van der Waals surface area contributed by atoms with Crippen LogP contribution in [0.2, 0.25) is 0 Å². The van der Waals surface area contributed by atoms with E-state index in [1.54, 1.807) is 0 Å². The number of allylic oxidation sites excluding steroid dienone is 1. The molecule has 1 aliphatic rings. The van der Waals surface area contributed by atoms with E-state index >= 15 is 0 Å². The van der Waals surface area contributed by atoms with E-state index in [9.17, 15) is 0 Å². The standard InChI is InChI=1S/C19H18N2/c1-13-7-10-18-17(11-13)16-9-8-14(20)12-19(16)21(18)15-5-3-2-4-6-15/h2-10,12-13H,11,20H2,1H3. The minimum atomic E-state index is 0.588. The number of para-hydroxylation sites is 1. The number of anilines is 1. The van der Waals surface area contributed by atoms with Crippen molar-refractivity contribution in [2.24, 2.45) is 5.92 Å².